The van der Waals surface area contributed by atoms with Crippen LogP contribution in [-0.4, -0.2) is 53.5 Å². The third-order valence-corrected chi connectivity index (χ3v) is 6.38. The summed E-state index contributed by atoms with van der Waals surface area (Å²) in [5, 5.41) is 0. The van der Waals surface area contributed by atoms with Crippen LogP contribution in [0.25, 0.3) is 0 Å². The first-order valence-electron chi connectivity index (χ1n) is 10.6. The van der Waals surface area contributed by atoms with Gasteiger partial charge in [0.25, 0.3) is 0 Å². The Morgan fingerprint density at radius 3 is 2.56 bits per heavy atom. The van der Waals surface area contributed by atoms with E-state index in [0.29, 0.717) is 38.2 Å². The minimum absolute atomic E-state index is 0.115. The number of aromatic nitrogens is 2. The van der Waals surface area contributed by atoms with Gasteiger partial charge in [-0.25, -0.2) is 14.4 Å². The molecule has 4 rings (SSSR count). The van der Waals surface area contributed by atoms with E-state index in [4.69, 9.17) is 5.73 Å². The number of halogens is 4. The highest BCUT2D eigenvalue weighted by Gasteiger charge is 2.35. The van der Waals surface area contributed by atoms with E-state index in [1.807, 2.05) is 0 Å². The summed E-state index contributed by atoms with van der Waals surface area (Å²) in [4.78, 5) is 25.6. The monoisotopic (exact) mass is 451 g/mol. The van der Waals surface area contributed by atoms with Crippen LogP contribution in [0, 0.1) is 5.82 Å². The Labute approximate surface area is 183 Å². The lowest BCUT2D eigenvalue weighted by Gasteiger charge is -2.37. The standard InChI is InChI=1S/C22H25F4N5O/c1-13-2-5-18-19(13)20(29-12-28-18)30-6-8-31(9-7-30)21(32)16(11-27)15-4-3-14(10-17(15)23)22(24,25)26/h3-4,10,12-13,16H,2,5-9,11,27H2,1H3. The first-order chi connectivity index (χ1) is 15.2. The molecule has 1 fully saturated rings. The van der Waals surface area contributed by atoms with Crippen molar-refractivity contribution < 1.29 is 22.4 Å². The summed E-state index contributed by atoms with van der Waals surface area (Å²) in [5.41, 5.74) is 6.76. The topological polar surface area (TPSA) is 75.4 Å². The van der Waals surface area contributed by atoms with Crippen molar-refractivity contribution in [3.8, 4) is 0 Å². The van der Waals surface area contributed by atoms with Crippen LogP contribution < -0.4 is 10.6 Å². The summed E-state index contributed by atoms with van der Waals surface area (Å²) in [6, 6.07) is 2.21. The van der Waals surface area contributed by atoms with Crippen LogP contribution in [-0.2, 0) is 17.4 Å². The molecule has 2 N–H and O–H groups in total. The Bertz CT molecular complexity index is 1000. The summed E-state index contributed by atoms with van der Waals surface area (Å²) in [5.74, 6) is -1.21. The predicted octanol–water partition coefficient (Wildman–Crippen LogP) is 3.08. The average molecular weight is 451 g/mol. The molecule has 1 aliphatic heterocycles. The van der Waals surface area contributed by atoms with E-state index in [1.165, 1.54) is 5.56 Å². The molecule has 6 nitrogen and oxygen atoms in total. The number of benzene rings is 1. The lowest BCUT2D eigenvalue weighted by molar-refractivity contribution is -0.137. The maximum Gasteiger partial charge on any atom is 0.416 e. The number of amides is 1. The number of piperazine rings is 1. The first kappa shape index (κ1) is 22.4. The lowest BCUT2D eigenvalue weighted by atomic mass is 9.95. The van der Waals surface area contributed by atoms with Gasteiger partial charge in [0.1, 0.15) is 18.0 Å². The van der Waals surface area contributed by atoms with Gasteiger partial charge < -0.3 is 15.5 Å². The molecule has 2 heterocycles. The maximum absolute atomic E-state index is 14.4. The quantitative estimate of drug-likeness (QED) is 0.724. The number of rotatable bonds is 4. The summed E-state index contributed by atoms with van der Waals surface area (Å²) >= 11 is 0. The Morgan fingerprint density at radius 1 is 1.22 bits per heavy atom. The summed E-state index contributed by atoms with van der Waals surface area (Å²) in [6.07, 6.45) is -1.12. The number of carbonyl (C=O) groups is 1. The minimum Gasteiger partial charge on any atom is -0.353 e. The smallest absolute Gasteiger partial charge is 0.353 e. The molecule has 1 amide bonds. The number of hydrogen-bond donors (Lipinski definition) is 1. The van der Waals surface area contributed by atoms with Crippen LogP contribution in [0.3, 0.4) is 0 Å². The molecule has 32 heavy (non-hydrogen) atoms. The van der Waals surface area contributed by atoms with E-state index >= 15 is 0 Å². The van der Waals surface area contributed by atoms with Crippen LogP contribution in [0.2, 0.25) is 0 Å². The van der Waals surface area contributed by atoms with Crippen LogP contribution in [0.5, 0.6) is 0 Å². The van der Waals surface area contributed by atoms with Crippen molar-refractivity contribution >= 4 is 11.7 Å². The SMILES string of the molecule is CC1CCc2ncnc(N3CCN(C(=O)C(CN)c4ccc(C(F)(F)F)cc4F)CC3)c21. The van der Waals surface area contributed by atoms with Gasteiger partial charge in [0.05, 0.1) is 11.5 Å². The van der Waals surface area contributed by atoms with Crippen molar-refractivity contribution in [1.29, 1.82) is 0 Å². The van der Waals surface area contributed by atoms with E-state index < -0.39 is 23.5 Å². The molecule has 10 heteroatoms. The van der Waals surface area contributed by atoms with Crippen molar-refractivity contribution in [2.45, 2.75) is 37.8 Å². The molecule has 1 aromatic carbocycles. The summed E-state index contributed by atoms with van der Waals surface area (Å²) < 4.78 is 52.9. The zero-order valence-electron chi connectivity index (χ0n) is 17.7. The van der Waals surface area contributed by atoms with Gasteiger partial charge in [-0.3, -0.25) is 4.79 Å². The van der Waals surface area contributed by atoms with Gasteiger partial charge in [-0.05, 0) is 30.9 Å². The van der Waals surface area contributed by atoms with Crippen molar-refractivity contribution in [2.24, 2.45) is 5.73 Å². The van der Waals surface area contributed by atoms with Gasteiger partial charge in [-0.2, -0.15) is 13.2 Å². The molecule has 2 aromatic rings. The number of aryl methyl sites for hydroxylation is 1. The van der Waals surface area contributed by atoms with Crippen LogP contribution in [0.1, 0.15) is 47.6 Å². The highest BCUT2D eigenvalue weighted by molar-refractivity contribution is 5.84. The fourth-order valence-corrected chi connectivity index (χ4v) is 4.58. The number of carbonyl (C=O) groups excluding carboxylic acids is 1. The van der Waals surface area contributed by atoms with Gasteiger partial charge in [-0.15, -0.1) is 0 Å². The number of nitrogens with two attached hydrogens (primary N) is 1. The largest absolute Gasteiger partial charge is 0.416 e. The van der Waals surface area contributed by atoms with Crippen molar-refractivity contribution in [3.05, 3.63) is 52.7 Å². The zero-order chi connectivity index (χ0) is 23.0. The Hall–Kier alpha value is -2.75. The zero-order valence-corrected chi connectivity index (χ0v) is 17.7. The van der Waals surface area contributed by atoms with Crippen molar-refractivity contribution in [2.75, 3.05) is 37.6 Å². The molecule has 2 unspecified atom stereocenters. The molecular weight excluding hydrogens is 426 g/mol. The fraction of sp³-hybridized carbons (Fsp3) is 0.500. The minimum atomic E-state index is -4.66. The maximum atomic E-state index is 14.4. The van der Waals surface area contributed by atoms with E-state index in [2.05, 4.69) is 21.8 Å². The number of nitrogens with zero attached hydrogens (tertiary/aromatic N) is 4. The third kappa shape index (κ3) is 4.15. The average Bonchev–Trinajstić information content (AvgIpc) is 3.15. The number of anilines is 1. The van der Waals surface area contributed by atoms with Gasteiger partial charge in [-0.1, -0.05) is 13.0 Å². The molecule has 0 spiro atoms. The number of alkyl halides is 3. The lowest BCUT2D eigenvalue weighted by Crippen LogP contribution is -2.51. The van der Waals surface area contributed by atoms with Crippen molar-refractivity contribution in [3.63, 3.8) is 0 Å². The molecule has 2 atom stereocenters. The highest BCUT2D eigenvalue weighted by atomic mass is 19.4. The van der Waals surface area contributed by atoms with Crippen LogP contribution >= 0.6 is 0 Å². The molecule has 0 saturated carbocycles. The second-order valence-corrected chi connectivity index (χ2v) is 8.33. The normalized spacial score (nSPS) is 19.8. The number of hydrogen-bond acceptors (Lipinski definition) is 5. The second-order valence-electron chi connectivity index (χ2n) is 8.33. The van der Waals surface area contributed by atoms with E-state index in [9.17, 15) is 22.4 Å². The molecule has 1 saturated heterocycles. The van der Waals surface area contributed by atoms with E-state index in [-0.39, 0.29) is 18.0 Å². The molecule has 172 valence electrons. The fourth-order valence-electron chi connectivity index (χ4n) is 4.58. The molecule has 0 bridgehead atoms. The highest BCUT2D eigenvalue weighted by Crippen LogP contribution is 2.37. The van der Waals surface area contributed by atoms with Crippen LogP contribution in [0.15, 0.2) is 24.5 Å². The molecule has 1 aromatic heterocycles. The van der Waals surface area contributed by atoms with Gasteiger partial charge >= 0.3 is 6.18 Å². The molecule has 2 aliphatic rings. The van der Waals surface area contributed by atoms with E-state index in [1.54, 1.807) is 11.2 Å². The number of fused-ring (bicyclic) bond motifs is 1. The van der Waals surface area contributed by atoms with Gasteiger partial charge in [0, 0.05) is 49.5 Å². The molecule has 1 aliphatic carbocycles. The Balaban J connectivity index is 1.47. The van der Waals surface area contributed by atoms with Gasteiger partial charge in [0.2, 0.25) is 5.91 Å². The Kier molecular flexibility index (Phi) is 6.07. The van der Waals surface area contributed by atoms with Gasteiger partial charge in [0.15, 0.2) is 0 Å². The summed E-state index contributed by atoms with van der Waals surface area (Å²) in [7, 11) is 0. The Morgan fingerprint density at radius 2 is 1.94 bits per heavy atom. The predicted molar refractivity (Wildman–Crippen MR) is 111 cm³/mol. The second kappa shape index (κ2) is 8.65. The molecule has 0 radical (unpaired) electrons. The van der Waals surface area contributed by atoms with Crippen LogP contribution in [0.4, 0.5) is 23.4 Å². The summed E-state index contributed by atoms with van der Waals surface area (Å²) in [6.45, 7) is 3.85. The molecular formula is C22H25F4N5O. The van der Waals surface area contributed by atoms with Crippen molar-refractivity contribution in [1.82, 2.24) is 14.9 Å². The third-order valence-electron chi connectivity index (χ3n) is 6.38. The first-order valence-corrected chi connectivity index (χ1v) is 10.6. The van der Waals surface area contributed by atoms with E-state index in [0.717, 1.165) is 36.5 Å².